The maximum Gasteiger partial charge on any atom is 0.340 e. The highest BCUT2D eigenvalue weighted by atomic mass is 32.1. The molecule has 0 atom stereocenters. The number of aryl methyl sites for hydroxylation is 2. The minimum Gasteiger partial charge on any atom is -0.478 e. The van der Waals surface area contributed by atoms with Gasteiger partial charge < -0.3 is 10.4 Å². The van der Waals surface area contributed by atoms with E-state index >= 15 is 0 Å². The fourth-order valence-corrected chi connectivity index (χ4v) is 3.53. The van der Waals surface area contributed by atoms with E-state index in [2.05, 4.69) is 15.8 Å². The molecule has 4 nitrogen and oxygen atoms in total. The number of carboxylic acid groups (broad SMARTS) is 1. The van der Waals surface area contributed by atoms with Crippen molar-refractivity contribution < 1.29 is 9.90 Å². The number of rotatable bonds is 3. The molecule has 1 aromatic carbocycles. The molecule has 1 aliphatic carbocycles. The highest BCUT2D eigenvalue weighted by Crippen LogP contribution is 2.33. The molecule has 1 aliphatic rings. The van der Waals surface area contributed by atoms with Crippen molar-refractivity contribution >= 4 is 28.2 Å². The van der Waals surface area contributed by atoms with Gasteiger partial charge in [0.15, 0.2) is 0 Å². The molecule has 20 heavy (non-hydrogen) atoms. The molecular weight excluding hydrogens is 272 g/mol. The number of carboxylic acids is 1. The van der Waals surface area contributed by atoms with Crippen LogP contribution in [-0.4, -0.2) is 15.4 Å². The summed E-state index contributed by atoms with van der Waals surface area (Å²) >= 11 is 1.21. The zero-order valence-electron chi connectivity index (χ0n) is 11.3. The van der Waals surface area contributed by atoms with Crippen LogP contribution in [0.15, 0.2) is 18.2 Å². The van der Waals surface area contributed by atoms with E-state index in [0.29, 0.717) is 10.7 Å². The molecule has 0 aliphatic heterocycles. The van der Waals surface area contributed by atoms with Gasteiger partial charge in [-0.3, -0.25) is 0 Å². The van der Waals surface area contributed by atoms with Crippen molar-refractivity contribution in [3.05, 3.63) is 40.6 Å². The summed E-state index contributed by atoms with van der Waals surface area (Å²) in [5, 5.41) is 13.2. The minimum absolute atomic E-state index is 0.281. The quantitative estimate of drug-likeness (QED) is 0.902. The summed E-state index contributed by atoms with van der Waals surface area (Å²) in [6.45, 7) is 1.73. The molecule has 0 saturated heterocycles. The number of hydrogen-bond donors (Lipinski definition) is 2. The number of nitrogens with zero attached hydrogens (tertiary/aromatic N) is 1. The second-order valence-corrected chi connectivity index (χ2v) is 5.83. The Balaban J connectivity index is 1.98. The van der Waals surface area contributed by atoms with Gasteiger partial charge in [0.1, 0.15) is 10.6 Å². The van der Waals surface area contributed by atoms with Crippen LogP contribution in [0.5, 0.6) is 0 Å². The first-order chi connectivity index (χ1) is 9.66. The zero-order valence-corrected chi connectivity index (χ0v) is 12.1. The second-order valence-electron chi connectivity index (χ2n) is 5.05. The molecule has 2 aromatic rings. The van der Waals surface area contributed by atoms with E-state index in [9.17, 15) is 9.90 Å². The molecule has 1 heterocycles. The molecule has 0 bridgehead atoms. The smallest absolute Gasteiger partial charge is 0.340 e. The lowest BCUT2D eigenvalue weighted by Gasteiger charge is -2.19. The lowest BCUT2D eigenvalue weighted by molar-refractivity contribution is 0.0697. The van der Waals surface area contributed by atoms with E-state index in [0.717, 1.165) is 18.5 Å². The highest BCUT2D eigenvalue weighted by molar-refractivity contribution is 7.10. The van der Waals surface area contributed by atoms with E-state index in [1.54, 1.807) is 6.92 Å². The van der Waals surface area contributed by atoms with Crippen LogP contribution in [0.3, 0.4) is 0 Å². The van der Waals surface area contributed by atoms with Gasteiger partial charge in [-0.25, -0.2) is 4.79 Å². The Morgan fingerprint density at radius 3 is 2.95 bits per heavy atom. The van der Waals surface area contributed by atoms with Crippen molar-refractivity contribution in [2.75, 3.05) is 5.32 Å². The highest BCUT2D eigenvalue weighted by Gasteiger charge is 2.19. The first kappa shape index (κ1) is 13.1. The van der Waals surface area contributed by atoms with E-state index < -0.39 is 5.97 Å². The van der Waals surface area contributed by atoms with Crippen LogP contribution in [0.4, 0.5) is 10.7 Å². The number of benzene rings is 1. The van der Waals surface area contributed by atoms with Crippen molar-refractivity contribution in [2.45, 2.75) is 32.6 Å². The largest absolute Gasteiger partial charge is 0.478 e. The van der Waals surface area contributed by atoms with Crippen LogP contribution in [-0.2, 0) is 12.8 Å². The van der Waals surface area contributed by atoms with Crippen molar-refractivity contribution in [3.8, 4) is 0 Å². The summed E-state index contributed by atoms with van der Waals surface area (Å²) in [6.07, 6.45) is 4.59. The van der Waals surface area contributed by atoms with Gasteiger partial charge in [0.2, 0.25) is 0 Å². The van der Waals surface area contributed by atoms with Crippen molar-refractivity contribution in [1.82, 2.24) is 4.37 Å². The van der Waals surface area contributed by atoms with Gasteiger partial charge in [0.25, 0.3) is 0 Å². The summed E-state index contributed by atoms with van der Waals surface area (Å²) < 4.78 is 4.14. The molecule has 0 spiro atoms. The Morgan fingerprint density at radius 2 is 2.15 bits per heavy atom. The molecule has 2 N–H and O–H groups in total. The molecule has 0 radical (unpaired) electrons. The van der Waals surface area contributed by atoms with Crippen LogP contribution < -0.4 is 5.32 Å². The Morgan fingerprint density at radius 1 is 1.35 bits per heavy atom. The predicted molar refractivity (Wildman–Crippen MR) is 80.2 cm³/mol. The number of fused-ring (bicyclic) bond motifs is 1. The molecule has 1 aromatic heterocycles. The predicted octanol–water partition coefficient (Wildman–Crippen LogP) is 3.77. The molecule has 0 amide bonds. The number of anilines is 2. The van der Waals surface area contributed by atoms with Gasteiger partial charge in [-0.15, -0.1) is 0 Å². The maximum absolute atomic E-state index is 11.3. The van der Waals surface area contributed by atoms with Gasteiger partial charge in [0.05, 0.1) is 5.69 Å². The summed E-state index contributed by atoms with van der Waals surface area (Å²) in [5.74, 6) is -0.927. The zero-order chi connectivity index (χ0) is 14.1. The third kappa shape index (κ3) is 2.29. The van der Waals surface area contributed by atoms with Gasteiger partial charge in [0, 0.05) is 5.69 Å². The summed E-state index contributed by atoms with van der Waals surface area (Å²) in [7, 11) is 0. The molecule has 3 rings (SSSR count). The molecule has 0 saturated carbocycles. The van der Waals surface area contributed by atoms with E-state index in [-0.39, 0.29) is 5.56 Å². The Labute approximate surface area is 121 Å². The lowest BCUT2D eigenvalue weighted by Crippen LogP contribution is -2.07. The van der Waals surface area contributed by atoms with Crippen molar-refractivity contribution in [2.24, 2.45) is 0 Å². The number of nitrogens with one attached hydrogen (secondary N) is 1. The van der Waals surface area contributed by atoms with Crippen LogP contribution in [0.2, 0.25) is 0 Å². The fraction of sp³-hybridized carbons (Fsp3) is 0.333. The van der Waals surface area contributed by atoms with E-state index in [1.807, 2.05) is 12.1 Å². The summed E-state index contributed by atoms with van der Waals surface area (Å²) in [4.78, 5) is 11.3. The van der Waals surface area contributed by atoms with Crippen LogP contribution in [0, 0.1) is 6.92 Å². The van der Waals surface area contributed by atoms with Crippen LogP contribution >= 0.6 is 11.5 Å². The van der Waals surface area contributed by atoms with Crippen LogP contribution in [0.25, 0.3) is 0 Å². The Hall–Kier alpha value is -1.88. The first-order valence-corrected chi connectivity index (χ1v) is 7.51. The molecule has 0 fully saturated rings. The number of aromatic carboxylic acids is 1. The SMILES string of the molecule is Cc1nsc(Nc2cccc3c2CCCC3)c1C(=O)O. The number of carbonyl (C=O) groups is 1. The number of hydrogen-bond acceptors (Lipinski definition) is 4. The average molecular weight is 288 g/mol. The maximum atomic E-state index is 11.3. The standard InChI is InChI=1S/C15H16N2O2S/c1-9-13(15(18)19)14(20-17-9)16-12-8-4-6-10-5-2-3-7-11(10)12/h4,6,8,16H,2-3,5,7H2,1H3,(H,18,19). The Bertz CT molecular complexity index is 664. The summed E-state index contributed by atoms with van der Waals surface area (Å²) in [6, 6.07) is 6.21. The lowest BCUT2D eigenvalue weighted by atomic mass is 9.90. The fourth-order valence-electron chi connectivity index (χ4n) is 2.73. The van der Waals surface area contributed by atoms with E-state index in [4.69, 9.17) is 0 Å². The normalized spacial score (nSPS) is 13.8. The van der Waals surface area contributed by atoms with Crippen molar-refractivity contribution in [3.63, 3.8) is 0 Å². The van der Waals surface area contributed by atoms with E-state index in [1.165, 1.54) is 35.5 Å². The molecule has 0 unspecified atom stereocenters. The third-order valence-electron chi connectivity index (χ3n) is 3.72. The van der Waals surface area contributed by atoms with Crippen LogP contribution in [0.1, 0.15) is 40.0 Å². The van der Waals surface area contributed by atoms with Gasteiger partial charge in [-0.05, 0) is 61.3 Å². The Kier molecular flexibility index (Phi) is 3.44. The topological polar surface area (TPSA) is 62.2 Å². The minimum atomic E-state index is -0.927. The van der Waals surface area contributed by atoms with Gasteiger partial charge in [-0.1, -0.05) is 12.1 Å². The average Bonchev–Trinajstić information content (AvgIpc) is 2.80. The summed E-state index contributed by atoms with van der Waals surface area (Å²) in [5.41, 5.74) is 4.56. The van der Waals surface area contributed by atoms with Gasteiger partial charge in [-0.2, -0.15) is 4.37 Å². The van der Waals surface area contributed by atoms with Gasteiger partial charge >= 0.3 is 5.97 Å². The molecular formula is C15H16N2O2S. The monoisotopic (exact) mass is 288 g/mol. The van der Waals surface area contributed by atoms with Crippen molar-refractivity contribution in [1.29, 1.82) is 0 Å². The second kappa shape index (κ2) is 5.25. The molecule has 5 heteroatoms. The first-order valence-electron chi connectivity index (χ1n) is 6.74. The number of aromatic nitrogens is 1. The molecule has 104 valence electrons. The third-order valence-corrected chi connectivity index (χ3v) is 4.57.